The van der Waals surface area contributed by atoms with Crippen molar-refractivity contribution in [1.29, 1.82) is 0 Å². The lowest BCUT2D eigenvalue weighted by molar-refractivity contribution is 0.307. The van der Waals surface area contributed by atoms with Crippen molar-refractivity contribution in [3.8, 4) is 5.75 Å². The highest BCUT2D eigenvalue weighted by Crippen LogP contribution is 2.21. The summed E-state index contributed by atoms with van der Waals surface area (Å²) in [5.74, 6) is 0.859. The zero-order valence-corrected chi connectivity index (χ0v) is 13.0. The highest BCUT2D eigenvalue weighted by Gasteiger charge is 2.02. The van der Waals surface area contributed by atoms with E-state index in [1.807, 2.05) is 41.1 Å². The standard InChI is InChI=1S/C18H18N2OS/c19-18-13-22-12-15(18)11-21-17-8-4-5-14(9-17)10-20-16-6-2-1-3-7-16/h1-9,12-13,20H,10-11,19H2. The number of nitrogen functional groups attached to an aromatic ring is 1. The summed E-state index contributed by atoms with van der Waals surface area (Å²) in [4.78, 5) is 0. The molecule has 0 unspecified atom stereocenters. The fourth-order valence-corrected chi connectivity index (χ4v) is 2.85. The Morgan fingerprint density at radius 3 is 2.64 bits per heavy atom. The van der Waals surface area contributed by atoms with Gasteiger partial charge in [0.2, 0.25) is 0 Å². The quantitative estimate of drug-likeness (QED) is 0.703. The molecule has 1 aromatic heterocycles. The van der Waals surface area contributed by atoms with E-state index in [2.05, 4.69) is 29.6 Å². The summed E-state index contributed by atoms with van der Waals surface area (Å²) in [5, 5.41) is 7.35. The number of hydrogen-bond acceptors (Lipinski definition) is 4. The minimum absolute atomic E-state index is 0.505. The molecule has 1 heterocycles. The van der Waals surface area contributed by atoms with Gasteiger partial charge >= 0.3 is 0 Å². The van der Waals surface area contributed by atoms with E-state index in [0.29, 0.717) is 6.61 Å². The van der Waals surface area contributed by atoms with Crippen LogP contribution in [0.4, 0.5) is 11.4 Å². The lowest BCUT2D eigenvalue weighted by Crippen LogP contribution is -2.01. The highest BCUT2D eigenvalue weighted by molar-refractivity contribution is 7.08. The maximum absolute atomic E-state index is 5.87. The van der Waals surface area contributed by atoms with Gasteiger partial charge in [0.25, 0.3) is 0 Å². The van der Waals surface area contributed by atoms with Crippen LogP contribution in [0.25, 0.3) is 0 Å². The van der Waals surface area contributed by atoms with E-state index in [1.165, 1.54) is 5.56 Å². The fourth-order valence-electron chi connectivity index (χ4n) is 2.12. The Morgan fingerprint density at radius 2 is 1.86 bits per heavy atom. The second kappa shape index (κ2) is 7.00. The second-order valence-corrected chi connectivity index (χ2v) is 5.75. The van der Waals surface area contributed by atoms with Crippen LogP contribution in [-0.2, 0) is 13.2 Å². The Balaban J connectivity index is 1.59. The van der Waals surface area contributed by atoms with E-state index in [9.17, 15) is 0 Å². The molecule has 3 nitrogen and oxygen atoms in total. The average molecular weight is 310 g/mol. The first-order chi connectivity index (χ1) is 10.8. The third-order valence-electron chi connectivity index (χ3n) is 3.34. The highest BCUT2D eigenvalue weighted by atomic mass is 32.1. The molecule has 0 radical (unpaired) electrons. The monoisotopic (exact) mass is 310 g/mol. The molecule has 0 saturated carbocycles. The van der Waals surface area contributed by atoms with Crippen LogP contribution in [0.5, 0.6) is 5.75 Å². The van der Waals surface area contributed by atoms with Crippen molar-refractivity contribution in [3.05, 3.63) is 76.5 Å². The van der Waals surface area contributed by atoms with Gasteiger partial charge in [-0.25, -0.2) is 0 Å². The number of benzene rings is 2. The molecule has 3 aromatic rings. The summed E-state index contributed by atoms with van der Waals surface area (Å²) in [6.45, 7) is 1.27. The molecular formula is C18H18N2OS. The molecule has 22 heavy (non-hydrogen) atoms. The van der Waals surface area contributed by atoms with Crippen molar-refractivity contribution in [3.63, 3.8) is 0 Å². The first-order valence-corrected chi connectivity index (χ1v) is 8.07. The molecule has 4 heteroatoms. The van der Waals surface area contributed by atoms with E-state index in [-0.39, 0.29) is 0 Å². The molecule has 0 aliphatic rings. The molecule has 0 fully saturated rings. The van der Waals surface area contributed by atoms with Crippen LogP contribution in [0.3, 0.4) is 0 Å². The molecule has 0 amide bonds. The van der Waals surface area contributed by atoms with Crippen molar-refractivity contribution in [2.45, 2.75) is 13.2 Å². The molecule has 112 valence electrons. The first-order valence-electron chi connectivity index (χ1n) is 7.12. The van der Waals surface area contributed by atoms with E-state index < -0.39 is 0 Å². The Hall–Kier alpha value is -2.46. The Labute approximate surface area is 134 Å². The summed E-state index contributed by atoms with van der Waals surface area (Å²) < 4.78 is 5.82. The number of rotatable bonds is 6. The van der Waals surface area contributed by atoms with E-state index in [0.717, 1.165) is 29.2 Å². The summed E-state index contributed by atoms with van der Waals surface area (Å²) in [6, 6.07) is 18.3. The van der Waals surface area contributed by atoms with Gasteiger partial charge in [-0.1, -0.05) is 30.3 Å². The zero-order valence-electron chi connectivity index (χ0n) is 12.2. The number of anilines is 2. The predicted molar refractivity (Wildman–Crippen MR) is 93.3 cm³/mol. The SMILES string of the molecule is Nc1cscc1COc1cccc(CNc2ccccc2)c1. The maximum atomic E-state index is 5.87. The molecule has 0 bridgehead atoms. The fraction of sp³-hybridized carbons (Fsp3) is 0.111. The lowest BCUT2D eigenvalue weighted by Gasteiger charge is -2.09. The van der Waals surface area contributed by atoms with Crippen LogP contribution < -0.4 is 15.8 Å². The van der Waals surface area contributed by atoms with Crippen molar-refractivity contribution in [2.75, 3.05) is 11.1 Å². The van der Waals surface area contributed by atoms with Gasteiger partial charge < -0.3 is 15.8 Å². The molecule has 0 saturated heterocycles. The predicted octanol–water partition coefficient (Wildman–Crippen LogP) is 4.52. The Bertz CT molecular complexity index is 725. The second-order valence-electron chi connectivity index (χ2n) is 5.01. The van der Waals surface area contributed by atoms with Gasteiger partial charge in [0.05, 0.1) is 0 Å². The van der Waals surface area contributed by atoms with Gasteiger partial charge in [0.15, 0.2) is 0 Å². The van der Waals surface area contributed by atoms with Gasteiger partial charge in [0.1, 0.15) is 12.4 Å². The smallest absolute Gasteiger partial charge is 0.120 e. The summed E-state index contributed by atoms with van der Waals surface area (Å²) in [6.07, 6.45) is 0. The van der Waals surface area contributed by atoms with Crippen molar-refractivity contribution >= 4 is 22.7 Å². The zero-order chi connectivity index (χ0) is 15.2. The largest absolute Gasteiger partial charge is 0.489 e. The van der Waals surface area contributed by atoms with Crippen molar-refractivity contribution in [1.82, 2.24) is 0 Å². The van der Waals surface area contributed by atoms with Crippen LogP contribution >= 0.6 is 11.3 Å². The number of para-hydroxylation sites is 1. The number of nitrogens with one attached hydrogen (secondary N) is 1. The minimum atomic E-state index is 0.505. The van der Waals surface area contributed by atoms with E-state index in [4.69, 9.17) is 10.5 Å². The van der Waals surface area contributed by atoms with Gasteiger partial charge in [-0.15, -0.1) is 11.3 Å². The Morgan fingerprint density at radius 1 is 1.00 bits per heavy atom. The van der Waals surface area contributed by atoms with Crippen molar-refractivity contribution in [2.24, 2.45) is 0 Å². The number of ether oxygens (including phenoxy) is 1. The van der Waals surface area contributed by atoms with Crippen LogP contribution in [0.1, 0.15) is 11.1 Å². The van der Waals surface area contributed by atoms with E-state index >= 15 is 0 Å². The van der Waals surface area contributed by atoms with E-state index in [1.54, 1.807) is 11.3 Å². The first kappa shape index (κ1) is 14.5. The number of thiophene rings is 1. The molecular weight excluding hydrogens is 292 g/mol. The summed E-state index contributed by atoms with van der Waals surface area (Å²) in [7, 11) is 0. The molecule has 0 aliphatic carbocycles. The van der Waals surface area contributed by atoms with Crippen LogP contribution in [-0.4, -0.2) is 0 Å². The molecule has 0 atom stereocenters. The third kappa shape index (κ3) is 3.80. The Kier molecular flexibility index (Phi) is 4.61. The average Bonchev–Trinajstić information content (AvgIpc) is 2.98. The third-order valence-corrected chi connectivity index (χ3v) is 4.15. The van der Waals surface area contributed by atoms with Crippen LogP contribution in [0.15, 0.2) is 65.4 Å². The lowest BCUT2D eigenvalue weighted by atomic mass is 10.2. The maximum Gasteiger partial charge on any atom is 0.120 e. The molecule has 0 aliphatic heterocycles. The normalized spacial score (nSPS) is 10.4. The minimum Gasteiger partial charge on any atom is -0.489 e. The topological polar surface area (TPSA) is 47.3 Å². The van der Waals surface area contributed by atoms with Crippen LogP contribution in [0, 0.1) is 0 Å². The molecule has 3 rings (SSSR count). The van der Waals surface area contributed by atoms with Gasteiger partial charge in [-0.2, -0.15) is 0 Å². The summed E-state index contributed by atoms with van der Waals surface area (Å²) >= 11 is 1.60. The van der Waals surface area contributed by atoms with Gasteiger partial charge in [0, 0.05) is 28.9 Å². The summed E-state index contributed by atoms with van der Waals surface area (Å²) in [5.41, 5.74) is 10.00. The van der Waals surface area contributed by atoms with Crippen molar-refractivity contribution < 1.29 is 4.74 Å². The van der Waals surface area contributed by atoms with Gasteiger partial charge in [-0.05, 0) is 35.2 Å². The van der Waals surface area contributed by atoms with Crippen LogP contribution in [0.2, 0.25) is 0 Å². The number of nitrogens with two attached hydrogens (primary N) is 1. The molecule has 3 N–H and O–H groups in total. The van der Waals surface area contributed by atoms with Gasteiger partial charge in [-0.3, -0.25) is 0 Å². The molecule has 2 aromatic carbocycles. The number of hydrogen-bond donors (Lipinski definition) is 2. The molecule has 0 spiro atoms.